The molecule has 4 nitrogen and oxygen atoms in total. The van der Waals surface area contributed by atoms with Crippen LogP contribution in [0.1, 0.15) is 21.9 Å². The summed E-state index contributed by atoms with van der Waals surface area (Å²) in [4.78, 5) is 10.8. The summed E-state index contributed by atoms with van der Waals surface area (Å²) in [6.45, 7) is 2.59. The number of aryl methyl sites for hydroxylation is 1. The number of aromatic nitrogens is 1. The lowest BCUT2D eigenvalue weighted by Gasteiger charge is -2.03. The SMILES string of the molecule is Cc1ccc2c(ccn2Cc2ccc(C(=O)O)o2)c1. The Hall–Kier alpha value is -2.49. The van der Waals surface area contributed by atoms with Gasteiger partial charge >= 0.3 is 5.97 Å². The van der Waals surface area contributed by atoms with Crippen LogP contribution in [0.2, 0.25) is 0 Å². The number of hydrogen-bond donors (Lipinski definition) is 1. The summed E-state index contributed by atoms with van der Waals surface area (Å²) in [7, 11) is 0. The van der Waals surface area contributed by atoms with Gasteiger partial charge in [0.1, 0.15) is 5.76 Å². The van der Waals surface area contributed by atoms with E-state index in [1.165, 1.54) is 17.0 Å². The summed E-state index contributed by atoms with van der Waals surface area (Å²) in [5.41, 5.74) is 2.33. The highest BCUT2D eigenvalue weighted by Crippen LogP contribution is 2.19. The van der Waals surface area contributed by atoms with Crippen molar-refractivity contribution in [1.29, 1.82) is 0 Å². The Morgan fingerprint density at radius 2 is 2.11 bits per heavy atom. The standard InChI is InChI=1S/C15H13NO3/c1-10-2-4-13-11(8-10)6-7-16(13)9-12-3-5-14(19-12)15(17)18/h2-8H,9H2,1H3,(H,17,18). The van der Waals surface area contributed by atoms with Gasteiger partial charge in [-0.15, -0.1) is 0 Å². The van der Waals surface area contributed by atoms with E-state index in [1.807, 2.05) is 16.8 Å². The predicted octanol–water partition coefficient (Wildman–Crippen LogP) is 3.29. The van der Waals surface area contributed by atoms with E-state index in [9.17, 15) is 4.79 Å². The molecule has 0 aliphatic heterocycles. The molecule has 2 aromatic heterocycles. The number of carboxylic acid groups (broad SMARTS) is 1. The van der Waals surface area contributed by atoms with Crippen LogP contribution < -0.4 is 0 Å². The molecule has 0 aliphatic carbocycles. The zero-order valence-electron chi connectivity index (χ0n) is 10.5. The van der Waals surface area contributed by atoms with Gasteiger partial charge < -0.3 is 14.1 Å². The lowest BCUT2D eigenvalue weighted by molar-refractivity contribution is 0.0660. The normalized spacial score (nSPS) is 11.0. The van der Waals surface area contributed by atoms with E-state index < -0.39 is 5.97 Å². The summed E-state index contributed by atoms with van der Waals surface area (Å²) in [5.74, 6) is -0.433. The number of nitrogens with zero attached hydrogens (tertiary/aromatic N) is 1. The van der Waals surface area contributed by atoms with Gasteiger partial charge in [0.15, 0.2) is 0 Å². The molecule has 19 heavy (non-hydrogen) atoms. The quantitative estimate of drug-likeness (QED) is 0.781. The van der Waals surface area contributed by atoms with Gasteiger partial charge in [0, 0.05) is 11.7 Å². The van der Waals surface area contributed by atoms with Crippen molar-refractivity contribution in [2.24, 2.45) is 0 Å². The molecule has 0 fully saturated rings. The maximum atomic E-state index is 10.8. The molecule has 96 valence electrons. The summed E-state index contributed by atoms with van der Waals surface area (Å²) >= 11 is 0. The number of carboxylic acids is 1. The Kier molecular flexibility index (Phi) is 2.63. The Morgan fingerprint density at radius 1 is 1.26 bits per heavy atom. The molecule has 0 unspecified atom stereocenters. The highest BCUT2D eigenvalue weighted by Gasteiger charge is 2.10. The Morgan fingerprint density at radius 3 is 2.84 bits per heavy atom. The lowest BCUT2D eigenvalue weighted by Crippen LogP contribution is -1.97. The molecule has 0 saturated carbocycles. The number of hydrogen-bond acceptors (Lipinski definition) is 2. The highest BCUT2D eigenvalue weighted by atomic mass is 16.4. The molecule has 2 heterocycles. The average Bonchev–Trinajstić information content (AvgIpc) is 2.97. The summed E-state index contributed by atoms with van der Waals surface area (Å²) in [6.07, 6.45) is 1.98. The summed E-state index contributed by atoms with van der Waals surface area (Å²) < 4.78 is 7.31. The van der Waals surface area contributed by atoms with Gasteiger partial charge in [0.2, 0.25) is 5.76 Å². The zero-order chi connectivity index (χ0) is 13.4. The van der Waals surface area contributed by atoms with Crippen molar-refractivity contribution in [2.45, 2.75) is 13.5 Å². The molecule has 3 aromatic rings. The van der Waals surface area contributed by atoms with Gasteiger partial charge in [-0.25, -0.2) is 4.79 Å². The second kappa shape index (κ2) is 4.31. The minimum atomic E-state index is -1.04. The second-order valence-corrected chi connectivity index (χ2v) is 4.58. The van der Waals surface area contributed by atoms with E-state index in [-0.39, 0.29) is 5.76 Å². The number of benzene rings is 1. The minimum Gasteiger partial charge on any atom is -0.475 e. The Labute approximate surface area is 109 Å². The molecule has 3 rings (SSSR count). The fraction of sp³-hybridized carbons (Fsp3) is 0.133. The van der Waals surface area contributed by atoms with Gasteiger partial charge in [-0.1, -0.05) is 11.6 Å². The van der Waals surface area contributed by atoms with Gasteiger partial charge in [0.05, 0.1) is 6.54 Å². The molecule has 0 spiro atoms. The molecule has 0 atom stereocenters. The first-order chi connectivity index (χ1) is 9.13. The Bertz CT molecular complexity index is 752. The van der Waals surface area contributed by atoms with Crippen molar-refractivity contribution in [1.82, 2.24) is 4.57 Å². The molecule has 1 aromatic carbocycles. The summed E-state index contributed by atoms with van der Waals surface area (Å²) in [5, 5.41) is 10.00. The van der Waals surface area contributed by atoms with Crippen LogP contribution in [0, 0.1) is 6.92 Å². The number of furan rings is 1. The molecule has 4 heteroatoms. The van der Waals surface area contributed by atoms with E-state index in [0.717, 1.165) is 5.52 Å². The van der Waals surface area contributed by atoms with E-state index >= 15 is 0 Å². The van der Waals surface area contributed by atoms with E-state index in [4.69, 9.17) is 9.52 Å². The molecule has 0 bridgehead atoms. The minimum absolute atomic E-state index is 0.0256. The van der Waals surface area contributed by atoms with Crippen LogP contribution in [0.5, 0.6) is 0 Å². The first kappa shape index (κ1) is 11.6. The van der Waals surface area contributed by atoms with Crippen LogP contribution in [-0.4, -0.2) is 15.6 Å². The third kappa shape index (κ3) is 2.12. The monoisotopic (exact) mass is 255 g/mol. The fourth-order valence-electron chi connectivity index (χ4n) is 2.20. The van der Waals surface area contributed by atoms with Gasteiger partial charge in [0.25, 0.3) is 0 Å². The number of fused-ring (bicyclic) bond motifs is 1. The second-order valence-electron chi connectivity index (χ2n) is 4.58. The first-order valence-corrected chi connectivity index (χ1v) is 6.01. The fourth-order valence-corrected chi connectivity index (χ4v) is 2.20. The molecule has 0 saturated heterocycles. The van der Waals surface area contributed by atoms with Crippen LogP contribution in [-0.2, 0) is 6.54 Å². The van der Waals surface area contributed by atoms with E-state index in [2.05, 4.69) is 25.1 Å². The number of rotatable bonds is 3. The van der Waals surface area contributed by atoms with Crippen LogP contribution in [0.25, 0.3) is 10.9 Å². The molecule has 0 radical (unpaired) electrons. The van der Waals surface area contributed by atoms with Crippen molar-refractivity contribution in [2.75, 3.05) is 0 Å². The Balaban J connectivity index is 1.94. The average molecular weight is 255 g/mol. The van der Waals surface area contributed by atoms with Gasteiger partial charge in [-0.3, -0.25) is 0 Å². The van der Waals surface area contributed by atoms with Crippen molar-refractivity contribution in [3.05, 3.63) is 59.7 Å². The third-order valence-electron chi connectivity index (χ3n) is 3.13. The van der Waals surface area contributed by atoms with Crippen LogP contribution in [0.15, 0.2) is 47.0 Å². The van der Waals surface area contributed by atoms with Crippen molar-refractivity contribution < 1.29 is 14.3 Å². The smallest absolute Gasteiger partial charge is 0.371 e. The van der Waals surface area contributed by atoms with Gasteiger partial charge in [-0.05, 0) is 42.6 Å². The predicted molar refractivity (Wildman–Crippen MR) is 71.4 cm³/mol. The topological polar surface area (TPSA) is 55.4 Å². The molecule has 0 amide bonds. The van der Waals surface area contributed by atoms with E-state index in [1.54, 1.807) is 6.07 Å². The largest absolute Gasteiger partial charge is 0.475 e. The van der Waals surface area contributed by atoms with Gasteiger partial charge in [-0.2, -0.15) is 0 Å². The highest BCUT2D eigenvalue weighted by molar-refractivity contribution is 5.84. The molecular weight excluding hydrogens is 242 g/mol. The van der Waals surface area contributed by atoms with Crippen LogP contribution >= 0.6 is 0 Å². The van der Waals surface area contributed by atoms with Crippen LogP contribution in [0.4, 0.5) is 0 Å². The van der Waals surface area contributed by atoms with Crippen molar-refractivity contribution in [3.63, 3.8) is 0 Å². The van der Waals surface area contributed by atoms with Crippen LogP contribution in [0.3, 0.4) is 0 Å². The van der Waals surface area contributed by atoms with Crippen molar-refractivity contribution in [3.8, 4) is 0 Å². The van der Waals surface area contributed by atoms with E-state index in [0.29, 0.717) is 12.3 Å². The molecule has 1 N–H and O–H groups in total. The third-order valence-corrected chi connectivity index (χ3v) is 3.13. The molecular formula is C15H13NO3. The maximum absolute atomic E-state index is 10.8. The van der Waals surface area contributed by atoms with Crippen molar-refractivity contribution >= 4 is 16.9 Å². The number of carbonyl (C=O) groups is 1. The lowest BCUT2D eigenvalue weighted by atomic mass is 10.2. The number of aromatic carboxylic acids is 1. The summed E-state index contributed by atoms with van der Waals surface area (Å²) in [6, 6.07) is 11.5. The first-order valence-electron chi connectivity index (χ1n) is 6.01. The molecule has 0 aliphatic rings. The zero-order valence-corrected chi connectivity index (χ0v) is 10.5. The maximum Gasteiger partial charge on any atom is 0.371 e.